The van der Waals surface area contributed by atoms with Gasteiger partial charge < -0.3 is 14.8 Å². The van der Waals surface area contributed by atoms with Gasteiger partial charge in [-0.25, -0.2) is 5.01 Å². The summed E-state index contributed by atoms with van der Waals surface area (Å²) in [5.41, 5.74) is 1.87. The average molecular weight is 462 g/mol. The van der Waals surface area contributed by atoms with Crippen molar-refractivity contribution in [3.63, 3.8) is 0 Å². The topological polar surface area (TPSA) is 80.2 Å². The van der Waals surface area contributed by atoms with Crippen LogP contribution in [0.15, 0.2) is 47.6 Å². The Morgan fingerprint density at radius 2 is 1.74 bits per heavy atom. The van der Waals surface area contributed by atoms with Crippen LogP contribution in [0.2, 0.25) is 5.02 Å². The van der Waals surface area contributed by atoms with Crippen molar-refractivity contribution in [1.82, 2.24) is 10.3 Å². The van der Waals surface area contributed by atoms with E-state index in [9.17, 15) is 9.59 Å². The molecule has 1 N–H and O–H groups in total. The van der Waals surface area contributed by atoms with Crippen LogP contribution in [-0.2, 0) is 9.59 Å². The van der Waals surface area contributed by atoms with Crippen molar-refractivity contribution >= 4 is 40.3 Å². The number of ether oxygens (including phenoxy) is 2. The lowest BCUT2D eigenvalue weighted by molar-refractivity contribution is -0.129. The Morgan fingerprint density at radius 3 is 2.35 bits per heavy atom. The first-order valence-electron chi connectivity index (χ1n) is 9.78. The molecule has 0 aromatic heterocycles. The SMILES string of the molecule is CC(=O)NC1=NN(C(C)=O)[C@@H](c2ccc(OCCCOc3ccc(Cl)c(C)c3)cc2)S1. The molecule has 0 spiro atoms. The molecule has 1 atom stereocenters. The highest BCUT2D eigenvalue weighted by atomic mass is 35.5. The standard InChI is InChI=1S/C22H24ClN3O4S/c1-14-13-19(9-10-20(14)23)30-12-4-11-29-18-7-5-17(6-8-18)21-26(16(3)28)25-22(31-21)24-15(2)27/h5-10,13,21H,4,11-12H2,1-3H3,(H,24,25,27)/t21-/m1/s1. The highest BCUT2D eigenvalue weighted by molar-refractivity contribution is 8.14. The number of carbonyl (C=O) groups is 2. The lowest BCUT2D eigenvalue weighted by Gasteiger charge is -2.19. The van der Waals surface area contributed by atoms with E-state index < -0.39 is 0 Å². The summed E-state index contributed by atoms with van der Waals surface area (Å²) in [6.45, 7) is 5.84. The van der Waals surface area contributed by atoms with E-state index in [-0.39, 0.29) is 17.2 Å². The second kappa shape index (κ2) is 10.5. The number of hydrazone groups is 1. The molecule has 7 nitrogen and oxygen atoms in total. The van der Waals surface area contributed by atoms with E-state index in [1.165, 1.54) is 30.6 Å². The van der Waals surface area contributed by atoms with Crippen molar-refractivity contribution in [2.45, 2.75) is 32.6 Å². The van der Waals surface area contributed by atoms with Crippen LogP contribution in [0.4, 0.5) is 0 Å². The molecule has 0 unspecified atom stereocenters. The van der Waals surface area contributed by atoms with Crippen LogP contribution >= 0.6 is 23.4 Å². The Bertz CT molecular complexity index is 981. The lowest BCUT2D eigenvalue weighted by Crippen LogP contribution is -2.25. The van der Waals surface area contributed by atoms with Crippen molar-refractivity contribution in [1.29, 1.82) is 0 Å². The number of aryl methyl sites for hydroxylation is 1. The minimum atomic E-state index is -0.329. The summed E-state index contributed by atoms with van der Waals surface area (Å²) in [6, 6.07) is 13.1. The highest BCUT2D eigenvalue weighted by Crippen LogP contribution is 2.39. The van der Waals surface area contributed by atoms with E-state index in [1.54, 1.807) is 0 Å². The highest BCUT2D eigenvalue weighted by Gasteiger charge is 2.32. The summed E-state index contributed by atoms with van der Waals surface area (Å²) < 4.78 is 11.5. The van der Waals surface area contributed by atoms with Crippen molar-refractivity contribution in [2.75, 3.05) is 13.2 Å². The van der Waals surface area contributed by atoms with Crippen molar-refractivity contribution in [3.8, 4) is 11.5 Å². The zero-order valence-electron chi connectivity index (χ0n) is 17.6. The van der Waals surface area contributed by atoms with Gasteiger partial charge in [0.05, 0.1) is 13.2 Å². The molecule has 0 saturated carbocycles. The molecule has 0 saturated heterocycles. The third-order valence-electron chi connectivity index (χ3n) is 4.37. The minimum absolute atomic E-state index is 0.200. The van der Waals surface area contributed by atoms with Gasteiger partial charge in [0.1, 0.15) is 16.9 Å². The smallest absolute Gasteiger partial charge is 0.241 e. The van der Waals surface area contributed by atoms with Crippen LogP contribution in [-0.4, -0.2) is 35.2 Å². The van der Waals surface area contributed by atoms with Gasteiger partial charge in [-0.15, -0.1) is 5.10 Å². The minimum Gasteiger partial charge on any atom is -0.493 e. The van der Waals surface area contributed by atoms with Gasteiger partial charge >= 0.3 is 0 Å². The Morgan fingerprint density at radius 1 is 1.10 bits per heavy atom. The number of amides is 2. The van der Waals surface area contributed by atoms with E-state index in [1.807, 2.05) is 49.4 Å². The number of hydrogen-bond donors (Lipinski definition) is 1. The molecule has 0 aliphatic carbocycles. The lowest BCUT2D eigenvalue weighted by atomic mass is 10.2. The molecule has 9 heteroatoms. The molecule has 1 heterocycles. The molecule has 1 aliphatic heterocycles. The molecular formula is C22H24ClN3O4S. The molecule has 31 heavy (non-hydrogen) atoms. The van der Waals surface area contributed by atoms with E-state index >= 15 is 0 Å². The maximum Gasteiger partial charge on any atom is 0.241 e. The van der Waals surface area contributed by atoms with Crippen molar-refractivity contribution < 1.29 is 19.1 Å². The predicted molar refractivity (Wildman–Crippen MR) is 122 cm³/mol. The van der Waals surface area contributed by atoms with Gasteiger partial charge in [0.2, 0.25) is 11.8 Å². The van der Waals surface area contributed by atoms with Gasteiger partial charge in [-0.3, -0.25) is 9.59 Å². The number of benzene rings is 2. The van der Waals surface area contributed by atoms with Crippen molar-refractivity contribution in [3.05, 3.63) is 58.6 Å². The second-order valence-corrected chi connectivity index (χ2v) is 8.43. The molecule has 1 aliphatic rings. The number of nitrogens with zero attached hydrogens (tertiary/aromatic N) is 2. The molecule has 2 aromatic carbocycles. The second-order valence-electron chi connectivity index (χ2n) is 6.95. The average Bonchev–Trinajstić information content (AvgIpc) is 3.14. The number of nitrogens with one attached hydrogen (secondary N) is 1. The Kier molecular flexibility index (Phi) is 7.81. The maximum atomic E-state index is 11.9. The molecule has 0 radical (unpaired) electrons. The van der Waals surface area contributed by atoms with Gasteiger partial charge in [0.15, 0.2) is 5.17 Å². The third-order valence-corrected chi connectivity index (χ3v) is 5.90. The van der Waals surface area contributed by atoms with Gasteiger partial charge in [0.25, 0.3) is 0 Å². The zero-order chi connectivity index (χ0) is 22.4. The summed E-state index contributed by atoms with van der Waals surface area (Å²) in [5.74, 6) is 1.09. The van der Waals surface area contributed by atoms with Crippen LogP contribution < -0.4 is 14.8 Å². The third kappa shape index (κ3) is 6.38. The van der Waals surface area contributed by atoms with E-state index in [0.717, 1.165) is 34.1 Å². The molecule has 0 bridgehead atoms. The van der Waals surface area contributed by atoms with Gasteiger partial charge in [-0.05, 0) is 48.4 Å². The Hall–Kier alpha value is -2.71. The van der Waals surface area contributed by atoms with Crippen molar-refractivity contribution in [2.24, 2.45) is 5.10 Å². The number of rotatable bonds is 7. The largest absolute Gasteiger partial charge is 0.493 e. The fourth-order valence-corrected chi connectivity index (χ4v) is 4.11. The summed E-state index contributed by atoms with van der Waals surface area (Å²) in [4.78, 5) is 23.2. The number of hydrogen-bond acceptors (Lipinski definition) is 6. The van der Waals surface area contributed by atoms with E-state index in [0.29, 0.717) is 18.4 Å². The number of halogens is 1. The monoisotopic (exact) mass is 461 g/mol. The molecule has 0 fully saturated rings. The Balaban J connectivity index is 1.48. The Labute approximate surface area is 190 Å². The first-order valence-corrected chi connectivity index (χ1v) is 11.0. The van der Waals surface area contributed by atoms with Crippen LogP contribution in [0, 0.1) is 6.92 Å². The van der Waals surface area contributed by atoms with Gasteiger partial charge in [0, 0.05) is 25.3 Å². The maximum absolute atomic E-state index is 11.9. The number of thioether (sulfide) groups is 1. The van der Waals surface area contributed by atoms with Crippen LogP contribution in [0.5, 0.6) is 11.5 Å². The quantitative estimate of drug-likeness (QED) is 0.614. The normalized spacial score (nSPS) is 15.4. The molecule has 2 aromatic rings. The molecule has 164 valence electrons. The van der Waals surface area contributed by atoms with E-state index in [2.05, 4.69) is 10.4 Å². The van der Waals surface area contributed by atoms with Crippen LogP contribution in [0.25, 0.3) is 0 Å². The van der Waals surface area contributed by atoms with Crippen LogP contribution in [0.3, 0.4) is 0 Å². The molecule has 2 amide bonds. The summed E-state index contributed by atoms with van der Waals surface area (Å²) in [7, 11) is 0. The summed E-state index contributed by atoms with van der Waals surface area (Å²) in [5, 5.41) is 8.99. The first kappa shape index (κ1) is 23.0. The molecule has 3 rings (SSSR count). The number of carbonyl (C=O) groups excluding carboxylic acids is 2. The van der Waals surface area contributed by atoms with Crippen LogP contribution in [0.1, 0.15) is 36.8 Å². The van der Waals surface area contributed by atoms with Gasteiger partial charge in [-0.2, -0.15) is 0 Å². The first-order chi connectivity index (χ1) is 14.8. The number of amidine groups is 1. The fraction of sp³-hybridized carbons (Fsp3) is 0.318. The predicted octanol–water partition coefficient (Wildman–Crippen LogP) is 4.50. The fourth-order valence-electron chi connectivity index (χ4n) is 2.85. The molecular weight excluding hydrogens is 438 g/mol. The van der Waals surface area contributed by atoms with E-state index in [4.69, 9.17) is 21.1 Å². The summed E-state index contributed by atoms with van der Waals surface area (Å²) >= 11 is 7.33. The van der Waals surface area contributed by atoms with Gasteiger partial charge in [-0.1, -0.05) is 35.5 Å². The summed E-state index contributed by atoms with van der Waals surface area (Å²) in [6.07, 6.45) is 0.730. The zero-order valence-corrected chi connectivity index (χ0v) is 19.1.